The predicted octanol–water partition coefficient (Wildman–Crippen LogP) is 7.31. The normalized spacial score (nSPS) is 12.0. The van der Waals surface area contributed by atoms with Crippen LogP contribution in [0.1, 0.15) is 61.3 Å². The molecule has 1 unspecified atom stereocenters. The van der Waals surface area contributed by atoms with Crippen LogP contribution in [0.4, 0.5) is 5.69 Å². The van der Waals surface area contributed by atoms with Gasteiger partial charge >= 0.3 is 5.97 Å². The highest BCUT2D eigenvalue weighted by molar-refractivity contribution is 6.00. The van der Waals surface area contributed by atoms with Crippen LogP contribution in [0.15, 0.2) is 84.9 Å². The van der Waals surface area contributed by atoms with E-state index in [1.807, 2.05) is 60.7 Å². The molecule has 0 aromatic heterocycles. The van der Waals surface area contributed by atoms with Crippen LogP contribution in [0, 0.1) is 5.92 Å². The summed E-state index contributed by atoms with van der Waals surface area (Å²) in [5.74, 6) is -0.899. The lowest BCUT2D eigenvalue weighted by atomic mass is 9.86. The van der Waals surface area contributed by atoms with Crippen LogP contribution in [-0.4, -0.2) is 22.1 Å². The Hall–Kier alpha value is -4.12. The average Bonchev–Trinajstić information content (AvgIpc) is 2.89. The summed E-state index contributed by atoms with van der Waals surface area (Å²) < 4.78 is 0. The van der Waals surface area contributed by atoms with Gasteiger partial charge in [0.25, 0.3) is 0 Å². The van der Waals surface area contributed by atoms with E-state index in [2.05, 4.69) is 37.4 Å². The van der Waals surface area contributed by atoms with Crippen molar-refractivity contribution in [2.75, 3.05) is 5.32 Å². The van der Waals surface area contributed by atoms with Gasteiger partial charge in [0.1, 0.15) is 5.75 Å². The summed E-state index contributed by atoms with van der Waals surface area (Å²) >= 11 is 0. The third kappa shape index (κ3) is 7.00. The van der Waals surface area contributed by atoms with E-state index in [0.717, 1.165) is 39.4 Å². The highest BCUT2D eigenvalue weighted by Crippen LogP contribution is 2.33. The summed E-state index contributed by atoms with van der Waals surface area (Å²) in [6.07, 6.45) is 2.86. The number of anilines is 1. The molecular weight excluding hydrogens is 474 g/mol. The Morgan fingerprint density at radius 3 is 2.26 bits per heavy atom. The number of nitrogens with one attached hydrogen (secondary N) is 1. The molecule has 0 spiro atoms. The number of carbonyl (C=O) groups excluding carboxylic acids is 1. The first kappa shape index (κ1) is 26.9. The SMILES string of the molecule is CC(C)CC(C(=O)Nc1cc(Cc2ccc(CCCC(=O)O)cc2)ccc1O)c1cccc2ccccc12. The standard InChI is InChI=1S/C33H35NO4/c1-22(2)19-29(28-11-6-9-26-8-3-4-10-27(26)28)33(38)34-30-21-25(17-18-31(30)35)20-24-15-13-23(14-16-24)7-5-12-32(36)37/h3-4,6,8-11,13-18,21-22,29,35H,5,7,12,19-20H2,1-2H3,(H,34,38)(H,36,37). The molecular formula is C33H35NO4. The van der Waals surface area contributed by atoms with Crippen molar-refractivity contribution in [2.24, 2.45) is 5.92 Å². The fourth-order valence-corrected chi connectivity index (χ4v) is 4.92. The number of rotatable bonds is 11. The van der Waals surface area contributed by atoms with Crippen molar-refractivity contribution in [1.29, 1.82) is 0 Å². The van der Waals surface area contributed by atoms with Crippen LogP contribution in [0.25, 0.3) is 10.8 Å². The summed E-state index contributed by atoms with van der Waals surface area (Å²) in [4.78, 5) is 24.4. The number of hydrogen-bond donors (Lipinski definition) is 3. The van der Waals surface area contributed by atoms with Gasteiger partial charge in [-0.2, -0.15) is 0 Å². The maximum absolute atomic E-state index is 13.6. The molecule has 4 rings (SSSR count). The summed E-state index contributed by atoms with van der Waals surface area (Å²) in [5, 5.41) is 24.6. The van der Waals surface area contributed by atoms with Gasteiger partial charge in [0.2, 0.25) is 5.91 Å². The van der Waals surface area contributed by atoms with Gasteiger partial charge in [-0.05, 0) is 76.8 Å². The van der Waals surface area contributed by atoms with E-state index in [1.54, 1.807) is 6.07 Å². The third-order valence-corrected chi connectivity index (χ3v) is 6.83. The van der Waals surface area contributed by atoms with Crippen molar-refractivity contribution >= 4 is 28.3 Å². The van der Waals surface area contributed by atoms with E-state index < -0.39 is 5.97 Å². The van der Waals surface area contributed by atoms with Crippen LogP contribution in [-0.2, 0) is 22.4 Å². The number of amides is 1. The predicted molar refractivity (Wildman–Crippen MR) is 153 cm³/mol. The number of aromatic hydroxyl groups is 1. The lowest BCUT2D eigenvalue weighted by Gasteiger charge is -2.21. The van der Waals surface area contributed by atoms with Gasteiger partial charge in [-0.3, -0.25) is 9.59 Å². The van der Waals surface area contributed by atoms with Crippen molar-refractivity contribution in [3.8, 4) is 5.75 Å². The van der Waals surface area contributed by atoms with Gasteiger partial charge in [-0.25, -0.2) is 0 Å². The van der Waals surface area contributed by atoms with Gasteiger partial charge in [-0.1, -0.05) is 86.6 Å². The first-order chi connectivity index (χ1) is 18.3. The number of fused-ring (bicyclic) bond motifs is 1. The van der Waals surface area contributed by atoms with E-state index in [-0.39, 0.29) is 24.0 Å². The minimum Gasteiger partial charge on any atom is -0.506 e. The van der Waals surface area contributed by atoms with Crippen molar-refractivity contribution in [2.45, 2.75) is 51.9 Å². The molecule has 0 aliphatic heterocycles. The smallest absolute Gasteiger partial charge is 0.303 e. The minimum absolute atomic E-state index is 0.0390. The molecule has 0 saturated carbocycles. The molecule has 38 heavy (non-hydrogen) atoms. The Morgan fingerprint density at radius 2 is 1.53 bits per heavy atom. The lowest BCUT2D eigenvalue weighted by molar-refractivity contribution is -0.137. The summed E-state index contributed by atoms with van der Waals surface area (Å²) in [7, 11) is 0. The van der Waals surface area contributed by atoms with E-state index >= 15 is 0 Å². The van der Waals surface area contributed by atoms with Gasteiger partial charge in [0, 0.05) is 6.42 Å². The zero-order valence-electron chi connectivity index (χ0n) is 22.0. The highest BCUT2D eigenvalue weighted by Gasteiger charge is 2.24. The molecule has 0 radical (unpaired) electrons. The topological polar surface area (TPSA) is 86.6 Å². The van der Waals surface area contributed by atoms with Gasteiger partial charge < -0.3 is 15.5 Å². The van der Waals surface area contributed by atoms with E-state index in [4.69, 9.17) is 5.11 Å². The Bertz CT molecular complexity index is 1400. The van der Waals surface area contributed by atoms with Crippen molar-refractivity contribution < 1.29 is 19.8 Å². The fraction of sp³-hybridized carbons (Fsp3) is 0.273. The Morgan fingerprint density at radius 1 is 0.842 bits per heavy atom. The summed E-state index contributed by atoms with van der Waals surface area (Å²) in [6, 6.07) is 27.6. The molecule has 3 N–H and O–H groups in total. The number of aliphatic carboxylic acids is 1. The number of carbonyl (C=O) groups is 2. The molecule has 0 aliphatic carbocycles. The van der Waals surface area contributed by atoms with Gasteiger partial charge in [0.15, 0.2) is 0 Å². The second-order valence-corrected chi connectivity index (χ2v) is 10.3. The second kappa shape index (κ2) is 12.4. The van der Waals surface area contributed by atoms with E-state index in [1.165, 1.54) is 0 Å². The molecule has 4 aromatic rings. The maximum atomic E-state index is 13.6. The molecule has 0 heterocycles. The van der Waals surface area contributed by atoms with Gasteiger partial charge in [-0.15, -0.1) is 0 Å². The second-order valence-electron chi connectivity index (χ2n) is 10.3. The van der Waals surface area contributed by atoms with E-state index in [0.29, 0.717) is 30.9 Å². The zero-order chi connectivity index (χ0) is 27.1. The highest BCUT2D eigenvalue weighted by atomic mass is 16.4. The minimum atomic E-state index is -0.774. The number of aryl methyl sites for hydroxylation is 1. The zero-order valence-corrected chi connectivity index (χ0v) is 22.0. The molecule has 0 saturated heterocycles. The first-order valence-corrected chi connectivity index (χ1v) is 13.2. The average molecular weight is 510 g/mol. The Labute approximate surface area is 224 Å². The molecule has 1 atom stereocenters. The first-order valence-electron chi connectivity index (χ1n) is 13.2. The molecule has 0 fully saturated rings. The Balaban J connectivity index is 1.51. The molecule has 1 amide bonds. The molecule has 0 aliphatic rings. The number of carboxylic acids is 1. The molecule has 5 heteroatoms. The van der Waals surface area contributed by atoms with Crippen LogP contribution < -0.4 is 5.32 Å². The van der Waals surface area contributed by atoms with Crippen LogP contribution >= 0.6 is 0 Å². The van der Waals surface area contributed by atoms with E-state index in [9.17, 15) is 14.7 Å². The van der Waals surface area contributed by atoms with Crippen LogP contribution in [0.5, 0.6) is 5.75 Å². The van der Waals surface area contributed by atoms with Crippen LogP contribution in [0.3, 0.4) is 0 Å². The van der Waals surface area contributed by atoms with Gasteiger partial charge in [0.05, 0.1) is 11.6 Å². The quantitative estimate of drug-likeness (QED) is 0.185. The number of phenols is 1. The number of phenolic OH excluding ortho intramolecular Hbond substituents is 1. The Kier molecular flexibility index (Phi) is 8.80. The largest absolute Gasteiger partial charge is 0.506 e. The van der Waals surface area contributed by atoms with Crippen LogP contribution in [0.2, 0.25) is 0 Å². The molecule has 196 valence electrons. The molecule has 5 nitrogen and oxygen atoms in total. The van der Waals surface area contributed by atoms with Crippen molar-refractivity contribution in [3.63, 3.8) is 0 Å². The molecule has 4 aromatic carbocycles. The maximum Gasteiger partial charge on any atom is 0.303 e. The molecule has 0 bridgehead atoms. The van der Waals surface area contributed by atoms with Crippen molar-refractivity contribution in [1.82, 2.24) is 0 Å². The monoisotopic (exact) mass is 509 g/mol. The van der Waals surface area contributed by atoms with Crippen molar-refractivity contribution in [3.05, 3.63) is 107 Å². The summed E-state index contributed by atoms with van der Waals surface area (Å²) in [5.41, 5.74) is 4.59. The fourth-order valence-electron chi connectivity index (χ4n) is 4.92. The lowest BCUT2D eigenvalue weighted by Crippen LogP contribution is -2.23. The number of benzene rings is 4. The summed E-state index contributed by atoms with van der Waals surface area (Å²) in [6.45, 7) is 4.22. The third-order valence-electron chi connectivity index (χ3n) is 6.83. The number of carboxylic acid groups (broad SMARTS) is 1. The number of hydrogen-bond acceptors (Lipinski definition) is 3.